The van der Waals surface area contributed by atoms with E-state index in [4.69, 9.17) is 0 Å². The molecule has 0 aliphatic heterocycles. The fourth-order valence-electron chi connectivity index (χ4n) is 1.40. The van der Waals surface area contributed by atoms with Crippen molar-refractivity contribution in [2.24, 2.45) is 5.92 Å². The van der Waals surface area contributed by atoms with E-state index < -0.39 is 0 Å². The number of rotatable bonds is 4. The van der Waals surface area contributed by atoms with E-state index in [1.165, 1.54) is 0 Å². The third-order valence-electron chi connectivity index (χ3n) is 2.30. The standard InChI is InChI=1S/C11H19N3O/c1-7(2)10(6-15)14-11-5-8(3)12-9(4)13-11/h5,7,10,15H,6H2,1-4H3,(H,12,13,14)/t10-/m1/s1. The van der Waals surface area contributed by atoms with Crippen LogP contribution in [0.4, 0.5) is 5.82 Å². The van der Waals surface area contributed by atoms with Crippen LogP contribution in [0.3, 0.4) is 0 Å². The molecule has 84 valence electrons. The first-order valence-corrected chi connectivity index (χ1v) is 5.22. The lowest BCUT2D eigenvalue weighted by Crippen LogP contribution is -2.30. The monoisotopic (exact) mass is 209 g/mol. The Balaban J connectivity index is 2.79. The maximum atomic E-state index is 9.19. The van der Waals surface area contributed by atoms with E-state index in [-0.39, 0.29) is 12.6 Å². The molecule has 0 bridgehead atoms. The summed E-state index contributed by atoms with van der Waals surface area (Å²) in [6.45, 7) is 8.04. The Hall–Kier alpha value is -1.16. The Bertz CT molecular complexity index is 305. The Labute approximate surface area is 90.8 Å². The quantitative estimate of drug-likeness (QED) is 0.789. The number of nitrogens with one attached hydrogen (secondary N) is 1. The zero-order valence-electron chi connectivity index (χ0n) is 9.78. The summed E-state index contributed by atoms with van der Waals surface area (Å²) in [6.07, 6.45) is 0. The van der Waals surface area contributed by atoms with Gasteiger partial charge in [0.25, 0.3) is 0 Å². The number of hydrogen-bond donors (Lipinski definition) is 2. The second-order valence-electron chi connectivity index (χ2n) is 4.12. The Kier molecular flexibility index (Phi) is 4.03. The molecule has 4 nitrogen and oxygen atoms in total. The first-order valence-electron chi connectivity index (χ1n) is 5.22. The molecule has 0 spiro atoms. The Morgan fingerprint density at radius 2 is 2.00 bits per heavy atom. The van der Waals surface area contributed by atoms with Gasteiger partial charge in [-0.25, -0.2) is 9.97 Å². The van der Waals surface area contributed by atoms with E-state index in [1.54, 1.807) is 0 Å². The molecule has 4 heteroatoms. The molecule has 0 aromatic carbocycles. The normalized spacial score (nSPS) is 12.9. The van der Waals surface area contributed by atoms with Gasteiger partial charge in [-0.15, -0.1) is 0 Å². The highest BCUT2D eigenvalue weighted by atomic mass is 16.3. The number of aryl methyl sites for hydroxylation is 2. The van der Waals surface area contributed by atoms with Crippen molar-refractivity contribution in [2.45, 2.75) is 33.7 Å². The summed E-state index contributed by atoms with van der Waals surface area (Å²) in [5.74, 6) is 1.90. The summed E-state index contributed by atoms with van der Waals surface area (Å²) in [6, 6.07) is 1.93. The summed E-state index contributed by atoms with van der Waals surface area (Å²) in [5.41, 5.74) is 0.936. The molecule has 0 amide bonds. The van der Waals surface area contributed by atoms with Crippen LogP contribution in [0.1, 0.15) is 25.4 Å². The van der Waals surface area contributed by atoms with Gasteiger partial charge in [-0.3, -0.25) is 0 Å². The fraction of sp³-hybridized carbons (Fsp3) is 0.636. The number of anilines is 1. The van der Waals surface area contributed by atoms with Gasteiger partial charge >= 0.3 is 0 Å². The van der Waals surface area contributed by atoms with Gasteiger partial charge in [-0.1, -0.05) is 13.8 Å². The fourth-order valence-corrected chi connectivity index (χ4v) is 1.40. The molecule has 1 atom stereocenters. The van der Waals surface area contributed by atoms with Crippen LogP contribution in [-0.2, 0) is 0 Å². The van der Waals surface area contributed by atoms with Crippen molar-refractivity contribution in [1.29, 1.82) is 0 Å². The smallest absolute Gasteiger partial charge is 0.130 e. The van der Waals surface area contributed by atoms with Crippen molar-refractivity contribution in [2.75, 3.05) is 11.9 Å². The minimum Gasteiger partial charge on any atom is -0.394 e. The van der Waals surface area contributed by atoms with Gasteiger partial charge < -0.3 is 10.4 Å². The molecule has 0 saturated heterocycles. The lowest BCUT2D eigenvalue weighted by Gasteiger charge is -2.20. The number of aliphatic hydroxyl groups excluding tert-OH is 1. The van der Waals surface area contributed by atoms with Gasteiger partial charge in [0.05, 0.1) is 12.6 Å². The van der Waals surface area contributed by atoms with Crippen molar-refractivity contribution in [3.8, 4) is 0 Å². The van der Waals surface area contributed by atoms with E-state index >= 15 is 0 Å². The van der Waals surface area contributed by atoms with Gasteiger partial charge in [0, 0.05) is 11.8 Å². The second-order valence-corrected chi connectivity index (χ2v) is 4.12. The SMILES string of the molecule is Cc1cc(N[C@H](CO)C(C)C)nc(C)n1. The molecule has 1 aromatic heterocycles. The van der Waals surface area contributed by atoms with Crippen LogP contribution in [0.15, 0.2) is 6.07 Å². The summed E-state index contributed by atoms with van der Waals surface area (Å²) >= 11 is 0. The van der Waals surface area contributed by atoms with Crippen molar-refractivity contribution in [3.05, 3.63) is 17.6 Å². The molecular weight excluding hydrogens is 190 g/mol. The zero-order valence-corrected chi connectivity index (χ0v) is 9.78. The van der Waals surface area contributed by atoms with Crippen LogP contribution >= 0.6 is 0 Å². The summed E-state index contributed by atoms with van der Waals surface area (Å²) in [4.78, 5) is 8.47. The largest absolute Gasteiger partial charge is 0.394 e. The summed E-state index contributed by atoms with van der Waals surface area (Å²) in [7, 11) is 0. The van der Waals surface area contributed by atoms with Gasteiger partial charge in [0.15, 0.2) is 0 Å². The second kappa shape index (κ2) is 5.07. The number of aliphatic hydroxyl groups is 1. The average Bonchev–Trinajstić information content (AvgIpc) is 2.12. The van der Waals surface area contributed by atoms with Gasteiger partial charge in [0.2, 0.25) is 0 Å². The van der Waals surface area contributed by atoms with Crippen molar-refractivity contribution < 1.29 is 5.11 Å². The molecule has 1 rings (SSSR count). The Morgan fingerprint density at radius 3 is 2.47 bits per heavy atom. The van der Waals surface area contributed by atoms with Crippen LogP contribution in [0, 0.1) is 19.8 Å². The molecule has 0 unspecified atom stereocenters. The van der Waals surface area contributed by atoms with E-state index in [1.807, 2.05) is 19.9 Å². The van der Waals surface area contributed by atoms with Crippen molar-refractivity contribution in [1.82, 2.24) is 9.97 Å². The highest BCUT2D eigenvalue weighted by Gasteiger charge is 2.12. The predicted molar refractivity (Wildman–Crippen MR) is 60.8 cm³/mol. The van der Waals surface area contributed by atoms with Crippen molar-refractivity contribution >= 4 is 5.82 Å². The minimum atomic E-state index is 0.0405. The molecule has 1 heterocycles. The maximum Gasteiger partial charge on any atom is 0.130 e. The minimum absolute atomic E-state index is 0.0405. The number of hydrogen-bond acceptors (Lipinski definition) is 4. The molecular formula is C11H19N3O. The third-order valence-corrected chi connectivity index (χ3v) is 2.30. The van der Waals surface area contributed by atoms with E-state index in [0.717, 1.165) is 17.3 Å². The van der Waals surface area contributed by atoms with Crippen molar-refractivity contribution in [3.63, 3.8) is 0 Å². The van der Waals surface area contributed by atoms with Gasteiger partial charge in [0.1, 0.15) is 11.6 Å². The average molecular weight is 209 g/mol. The first kappa shape index (κ1) is 11.9. The molecule has 0 radical (unpaired) electrons. The lowest BCUT2D eigenvalue weighted by atomic mass is 10.1. The molecule has 0 fully saturated rings. The van der Waals surface area contributed by atoms with Gasteiger partial charge in [-0.05, 0) is 19.8 Å². The lowest BCUT2D eigenvalue weighted by molar-refractivity contribution is 0.249. The van der Waals surface area contributed by atoms with Crippen LogP contribution in [-0.4, -0.2) is 27.7 Å². The Morgan fingerprint density at radius 1 is 1.33 bits per heavy atom. The first-order chi connectivity index (χ1) is 7.02. The van der Waals surface area contributed by atoms with E-state index in [0.29, 0.717) is 5.92 Å². The summed E-state index contributed by atoms with van der Waals surface area (Å²) < 4.78 is 0. The molecule has 0 aliphatic carbocycles. The van der Waals surface area contributed by atoms with Crippen LogP contribution in [0.2, 0.25) is 0 Å². The number of nitrogens with zero attached hydrogens (tertiary/aromatic N) is 2. The summed E-state index contributed by atoms with van der Waals surface area (Å²) in [5, 5.41) is 12.4. The molecule has 0 saturated carbocycles. The zero-order chi connectivity index (χ0) is 11.4. The molecule has 2 N–H and O–H groups in total. The third kappa shape index (κ3) is 3.47. The van der Waals surface area contributed by atoms with Crippen LogP contribution in [0.25, 0.3) is 0 Å². The highest BCUT2D eigenvalue weighted by molar-refractivity contribution is 5.37. The van der Waals surface area contributed by atoms with E-state index in [9.17, 15) is 5.11 Å². The van der Waals surface area contributed by atoms with Crippen LogP contribution in [0.5, 0.6) is 0 Å². The number of aromatic nitrogens is 2. The highest BCUT2D eigenvalue weighted by Crippen LogP contribution is 2.11. The molecule has 1 aromatic rings. The van der Waals surface area contributed by atoms with Crippen LogP contribution < -0.4 is 5.32 Å². The predicted octanol–water partition coefficient (Wildman–Crippen LogP) is 1.52. The van der Waals surface area contributed by atoms with E-state index in [2.05, 4.69) is 29.1 Å². The molecule has 15 heavy (non-hydrogen) atoms. The maximum absolute atomic E-state index is 9.19. The van der Waals surface area contributed by atoms with Gasteiger partial charge in [-0.2, -0.15) is 0 Å². The molecule has 0 aliphatic rings. The topological polar surface area (TPSA) is 58.0 Å².